The molecule has 3 heteroatoms. The molecule has 0 saturated carbocycles. The summed E-state index contributed by atoms with van der Waals surface area (Å²) < 4.78 is 2.23. The van der Waals surface area contributed by atoms with Gasteiger partial charge in [0.1, 0.15) is 5.54 Å². The van der Waals surface area contributed by atoms with Gasteiger partial charge in [-0.3, -0.25) is 0 Å². The van der Waals surface area contributed by atoms with E-state index in [-0.39, 0.29) is 6.04 Å². The van der Waals surface area contributed by atoms with Gasteiger partial charge in [0.05, 0.1) is 12.0 Å². The van der Waals surface area contributed by atoms with Crippen LogP contribution in [0.25, 0.3) is 0 Å². The Bertz CT molecular complexity index is 909. The average molecular weight is 367 g/mol. The molecule has 0 aliphatic heterocycles. The van der Waals surface area contributed by atoms with Crippen molar-refractivity contribution in [2.45, 2.75) is 24.9 Å². The molecular weight excluding hydrogens is 342 g/mol. The second kappa shape index (κ2) is 7.83. The number of hydrogen-bond acceptors (Lipinski definition) is 2. The third kappa shape index (κ3) is 3.25. The summed E-state index contributed by atoms with van der Waals surface area (Å²) in [5.74, 6) is 0. The van der Waals surface area contributed by atoms with E-state index in [0.29, 0.717) is 0 Å². The highest BCUT2D eigenvalue weighted by Gasteiger charge is 2.38. The molecule has 1 atom stereocenters. The summed E-state index contributed by atoms with van der Waals surface area (Å²) in [6.07, 6.45) is 4.82. The maximum atomic E-state index is 6.03. The SMILES string of the molecule is C[C@@H](N)Cc1cn(C(c2ccccc2)(c2ccccc2)c2ccccc2)cn1. The average Bonchev–Trinajstić information content (AvgIpc) is 3.19. The van der Waals surface area contributed by atoms with Crippen LogP contribution in [-0.4, -0.2) is 15.6 Å². The molecule has 0 saturated heterocycles. The Morgan fingerprint density at radius 2 is 1.21 bits per heavy atom. The molecule has 3 nitrogen and oxygen atoms in total. The third-order valence-corrected chi connectivity index (χ3v) is 5.13. The molecule has 4 rings (SSSR count). The summed E-state index contributed by atoms with van der Waals surface area (Å²) in [5, 5.41) is 0. The van der Waals surface area contributed by atoms with Gasteiger partial charge in [0, 0.05) is 18.7 Å². The molecule has 0 amide bonds. The van der Waals surface area contributed by atoms with Crippen molar-refractivity contribution in [3.05, 3.63) is 126 Å². The van der Waals surface area contributed by atoms with E-state index in [1.807, 2.05) is 13.3 Å². The minimum Gasteiger partial charge on any atom is -0.328 e. The van der Waals surface area contributed by atoms with E-state index in [1.54, 1.807) is 0 Å². The van der Waals surface area contributed by atoms with Gasteiger partial charge in [-0.1, -0.05) is 91.0 Å². The van der Waals surface area contributed by atoms with Crippen molar-refractivity contribution in [3.8, 4) is 0 Å². The second-order valence-corrected chi connectivity index (χ2v) is 7.26. The van der Waals surface area contributed by atoms with Crippen LogP contribution in [0.3, 0.4) is 0 Å². The van der Waals surface area contributed by atoms with Gasteiger partial charge in [-0.05, 0) is 23.6 Å². The fourth-order valence-corrected chi connectivity index (χ4v) is 3.97. The van der Waals surface area contributed by atoms with Gasteiger partial charge >= 0.3 is 0 Å². The van der Waals surface area contributed by atoms with Crippen LogP contribution in [0, 0.1) is 0 Å². The lowest BCUT2D eigenvalue weighted by Crippen LogP contribution is -2.37. The molecule has 28 heavy (non-hydrogen) atoms. The first-order chi connectivity index (χ1) is 13.7. The van der Waals surface area contributed by atoms with Crippen molar-refractivity contribution in [2.75, 3.05) is 0 Å². The lowest BCUT2D eigenvalue weighted by Gasteiger charge is -2.37. The Morgan fingerprint density at radius 1 is 0.786 bits per heavy atom. The highest BCUT2D eigenvalue weighted by atomic mass is 15.1. The zero-order chi connectivity index (χ0) is 19.4. The summed E-state index contributed by atoms with van der Waals surface area (Å²) in [4.78, 5) is 4.68. The van der Waals surface area contributed by atoms with E-state index >= 15 is 0 Å². The van der Waals surface area contributed by atoms with E-state index in [0.717, 1.165) is 12.1 Å². The standard InChI is InChI=1S/C25H25N3/c1-20(26)17-24-18-28(19-27-24)25(21-11-5-2-6-12-21,22-13-7-3-8-14-22)23-15-9-4-10-16-23/h2-16,18-20H,17,26H2,1H3/t20-/m1/s1. The fraction of sp³-hybridized carbons (Fsp3) is 0.160. The van der Waals surface area contributed by atoms with Crippen LogP contribution in [0.1, 0.15) is 29.3 Å². The predicted octanol–water partition coefficient (Wildman–Crippen LogP) is 4.61. The highest BCUT2D eigenvalue weighted by molar-refractivity contribution is 5.50. The van der Waals surface area contributed by atoms with Gasteiger partial charge in [-0.2, -0.15) is 0 Å². The molecule has 3 aromatic carbocycles. The van der Waals surface area contributed by atoms with Crippen molar-refractivity contribution in [1.82, 2.24) is 9.55 Å². The number of nitrogens with zero attached hydrogens (tertiary/aromatic N) is 2. The Morgan fingerprint density at radius 3 is 1.61 bits per heavy atom. The molecule has 0 radical (unpaired) electrons. The first kappa shape index (κ1) is 18.2. The molecule has 0 unspecified atom stereocenters. The van der Waals surface area contributed by atoms with Crippen LogP contribution in [-0.2, 0) is 12.0 Å². The van der Waals surface area contributed by atoms with Gasteiger partial charge in [-0.25, -0.2) is 4.98 Å². The minimum absolute atomic E-state index is 0.0722. The summed E-state index contributed by atoms with van der Waals surface area (Å²) >= 11 is 0. The monoisotopic (exact) mass is 367 g/mol. The zero-order valence-electron chi connectivity index (χ0n) is 16.1. The van der Waals surface area contributed by atoms with Crippen LogP contribution in [0.5, 0.6) is 0 Å². The summed E-state index contributed by atoms with van der Waals surface area (Å²) in [7, 11) is 0. The Labute approximate surface area is 166 Å². The van der Waals surface area contributed by atoms with E-state index in [4.69, 9.17) is 5.73 Å². The first-order valence-corrected chi connectivity index (χ1v) is 9.67. The Balaban J connectivity index is 2.03. The van der Waals surface area contributed by atoms with E-state index in [2.05, 4.69) is 107 Å². The zero-order valence-corrected chi connectivity index (χ0v) is 16.1. The van der Waals surface area contributed by atoms with Crippen LogP contribution < -0.4 is 5.73 Å². The summed E-state index contributed by atoms with van der Waals surface area (Å²) in [6.45, 7) is 2.01. The summed E-state index contributed by atoms with van der Waals surface area (Å²) in [6, 6.07) is 31.9. The van der Waals surface area contributed by atoms with Crippen LogP contribution >= 0.6 is 0 Å². The highest BCUT2D eigenvalue weighted by Crippen LogP contribution is 2.40. The number of aromatic nitrogens is 2. The molecule has 0 fully saturated rings. The lowest BCUT2D eigenvalue weighted by molar-refractivity contribution is 0.514. The topological polar surface area (TPSA) is 43.8 Å². The molecule has 1 aromatic heterocycles. The number of rotatable bonds is 6. The number of hydrogen-bond donors (Lipinski definition) is 1. The van der Waals surface area contributed by atoms with Gasteiger partial charge in [-0.15, -0.1) is 0 Å². The molecule has 2 N–H and O–H groups in total. The minimum atomic E-state index is -0.507. The number of nitrogens with two attached hydrogens (primary N) is 1. The van der Waals surface area contributed by atoms with Crippen molar-refractivity contribution in [2.24, 2.45) is 5.73 Å². The predicted molar refractivity (Wildman–Crippen MR) is 114 cm³/mol. The van der Waals surface area contributed by atoms with Crippen molar-refractivity contribution in [3.63, 3.8) is 0 Å². The molecule has 0 aliphatic carbocycles. The Hall–Kier alpha value is -3.17. The van der Waals surface area contributed by atoms with Gasteiger partial charge in [0.15, 0.2) is 0 Å². The maximum Gasteiger partial charge on any atom is 0.121 e. The normalized spacial score (nSPS) is 12.6. The number of benzene rings is 3. The molecular formula is C25H25N3. The Kier molecular flexibility index (Phi) is 5.09. The van der Waals surface area contributed by atoms with Crippen LogP contribution in [0.4, 0.5) is 0 Å². The molecule has 1 heterocycles. The summed E-state index contributed by atoms with van der Waals surface area (Å²) in [5.41, 5.74) is 10.1. The third-order valence-electron chi connectivity index (χ3n) is 5.13. The van der Waals surface area contributed by atoms with E-state index in [1.165, 1.54) is 16.7 Å². The van der Waals surface area contributed by atoms with Gasteiger partial charge in [0.2, 0.25) is 0 Å². The van der Waals surface area contributed by atoms with Crippen molar-refractivity contribution in [1.29, 1.82) is 0 Å². The number of imidazole rings is 1. The second-order valence-electron chi connectivity index (χ2n) is 7.26. The fourth-order valence-electron chi connectivity index (χ4n) is 3.97. The van der Waals surface area contributed by atoms with E-state index < -0.39 is 5.54 Å². The molecule has 140 valence electrons. The smallest absolute Gasteiger partial charge is 0.121 e. The van der Waals surface area contributed by atoms with Crippen LogP contribution in [0.2, 0.25) is 0 Å². The quantitative estimate of drug-likeness (QED) is 0.506. The molecule has 0 bridgehead atoms. The van der Waals surface area contributed by atoms with Crippen LogP contribution in [0.15, 0.2) is 104 Å². The molecule has 0 aliphatic rings. The molecule has 4 aromatic rings. The maximum absolute atomic E-state index is 6.03. The molecule has 0 spiro atoms. The van der Waals surface area contributed by atoms with Crippen molar-refractivity contribution >= 4 is 0 Å². The van der Waals surface area contributed by atoms with Crippen molar-refractivity contribution < 1.29 is 0 Å². The van der Waals surface area contributed by atoms with Gasteiger partial charge < -0.3 is 10.3 Å². The first-order valence-electron chi connectivity index (χ1n) is 9.67. The largest absolute Gasteiger partial charge is 0.328 e. The van der Waals surface area contributed by atoms with E-state index in [9.17, 15) is 0 Å². The lowest BCUT2D eigenvalue weighted by atomic mass is 9.77. The van der Waals surface area contributed by atoms with Gasteiger partial charge in [0.25, 0.3) is 0 Å².